The van der Waals surface area contributed by atoms with E-state index in [1.54, 1.807) is 11.0 Å². The smallest absolute Gasteiger partial charge is 0.275 e. The molecule has 1 heterocycles. The summed E-state index contributed by atoms with van der Waals surface area (Å²) in [6, 6.07) is 24.0. The first kappa shape index (κ1) is 19.3. The molecule has 0 radical (unpaired) electrons. The van der Waals surface area contributed by atoms with Crippen molar-refractivity contribution in [3.05, 3.63) is 106 Å². The zero-order chi connectivity index (χ0) is 20.9. The average molecular weight is 400 g/mol. The SMILES string of the molecule is O=C(c1n[nH]c2ccc([N+](=O)[O-])cc12)N(CCc1ccccc1)Cc1ccccc1. The number of hydrogen-bond acceptors (Lipinski definition) is 4. The minimum Gasteiger partial charge on any atom is -0.333 e. The van der Waals surface area contributed by atoms with Crippen LogP contribution in [-0.2, 0) is 13.0 Å². The van der Waals surface area contributed by atoms with Crippen LogP contribution in [0.2, 0.25) is 0 Å². The molecular formula is C23H20N4O3. The Balaban J connectivity index is 1.65. The highest BCUT2D eigenvalue weighted by molar-refractivity contribution is 6.05. The first-order valence-electron chi connectivity index (χ1n) is 9.61. The van der Waals surface area contributed by atoms with Crippen LogP contribution in [0.1, 0.15) is 21.6 Å². The summed E-state index contributed by atoms with van der Waals surface area (Å²) in [7, 11) is 0. The lowest BCUT2D eigenvalue weighted by molar-refractivity contribution is -0.384. The van der Waals surface area contributed by atoms with Gasteiger partial charge in [-0.2, -0.15) is 5.10 Å². The van der Waals surface area contributed by atoms with E-state index in [2.05, 4.69) is 10.2 Å². The number of aromatic amines is 1. The molecule has 4 rings (SSSR count). The molecule has 0 saturated heterocycles. The fraction of sp³-hybridized carbons (Fsp3) is 0.130. The number of non-ortho nitro benzene ring substituents is 1. The number of carbonyl (C=O) groups is 1. The van der Waals surface area contributed by atoms with Gasteiger partial charge in [-0.05, 0) is 23.6 Å². The second kappa shape index (κ2) is 8.57. The summed E-state index contributed by atoms with van der Waals surface area (Å²) in [6.07, 6.45) is 0.696. The Morgan fingerprint density at radius 1 is 0.967 bits per heavy atom. The number of nitrogens with one attached hydrogen (secondary N) is 1. The largest absolute Gasteiger partial charge is 0.333 e. The van der Waals surface area contributed by atoms with Crippen molar-refractivity contribution < 1.29 is 9.72 Å². The van der Waals surface area contributed by atoms with E-state index in [9.17, 15) is 14.9 Å². The number of aromatic nitrogens is 2. The zero-order valence-corrected chi connectivity index (χ0v) is 16.2. The Morgan fingerprint density at radius 2 is 1.63 bits per heavy atom. The maximum absolute atomic E-state index is 13.4. The van der Waals surface area contributed by atoms with Gasteiger partial charge in [0.1, 0.15) is 0 Å². The number of benzene rings is 3. The first-order chi connectivity index (χ1) is 14.6. The van der Waals surface area contributed by atoms with E-state index in [-0.39, 0.29) is 17.3 Å². The van der Waals surface area contributed by atoms with Crippen LogP contribution in [0.3, 0.4) is 0 Å². The third-order valence-electron chi connectivity index (χ3n) is 4.98. The van der Waals surface area contributed by atoms with Gasteiger partial charge in [0.15, 0.2) is 5.69 Å². The molecule has 1 amide bonds. The maximum Gasteiger partial charge on any atom is 0.275 e. The van der Waals surface area contributed by atoms with Gasteiger partial charge in [0.2, 0.25) is 0 Å². The van der Waals surface area contributed by atoms with Gasteiger partial charge in [0.05, 0.1) is 10.4 Å². The third-order valence-corrected chi connectivity index (χ3v) is 4.98. The molecule has 0 spiro atoms. The van der Waals surface area contributed by atoms with Gasteiger partial charge >= 0.3 is 0 Å². The van der Waals surface area contributed by atoms with E-state index < -0.39 is 4.92 Å². The second-order valence-corrected chi connectivity index (χ2v) is 7.01. The van der Waals surface area contributed by atoms with E-state index in [0.717, 1.165) is 11.1 Å². The molecule has 4 aromatic rings. The van der Waals surface area contributed by atoms with Crippen LogP contribution in [0, 0.1) is 10.1 Å². The average Bonchev–Trinajstić information content (AvgIpc) is 3.21. The second-order valence-electron chi connectivity index (χ2n) is 7.01. The number of amides is 1. The standard InChI is InChI=1S/C23H20N4O3/c28-23(22-20-15-19(27(29)30)11-12-21(20)24-25-22)26(16-18-9-5-2-6-10-18)14-13-17-7-3-1-4-8-17/h1-12,15H,13-14,16H2,(H,24,25). The fourth-order valence-electron chi connectivity index (χ4n) is 3.39. The van der Waals surface area contributed by atoms with Crippen LogP contribution in [0.25, 0.3) is 10.9 Å². The molecule has 0 unspecified atom stereocenters. The quantitative estimate of drug-likeness (QED) is 0.369. The fourth-order valence-corrected chi connectivity index (χ4v) is 3.39. The van der Waals surface area contributed by atoms with Crippen LogP contribution < -0.4 is 0 Å². The van der Waals surface area contributed by atoms with Crippen molar-refractivity contribution in [3.8, 4) is 0 Å². The van der Waals surface area contributed by atoms with Crippen molar-refractivity contribution in [1.29, 1.82) is 0 Å². The van der Waals surface area contributed by atoms with Gasteiger partial charge in [-0.3, -0.25) is 20.0 Å². The highest BCUT2D eigenvalue weighted by atomic mass is 16.6. The number of nitro benzene ring substituents is 1. The molecule has 30 heavy (non-hydrogen) atoms. The summed E-state index contributed by atoms with van der Waals surface area (Å²) >= 11 is 0. The van der Waals surface area contributed by atoms with Crippen molar-refractivity contribution >= 4 is 22.5 Å². The molecule has 0 fully saturated rings. The Kier molecular flexibility index (Phi) is 5.52. The van der Waals surface area contributed by atoms with Crippen molar-refractivity contribution in [2.24, 2.45) is 0 Å². The topological polar surface area (TPSA) is 92.1 Å². The maximum atomic E-state index is 13.4. The van der Waals surface area contributed by atoms with Gasteiger partial charge in [0, 0.05) is 30.6 Å². The Hall–Kier alpha value is -4.00. The third kappa shape index (κ3) is 4.20. The number of rotatable bonds is 7. The van der Waals surface area contributed by atoms with E-state index >= 15 is 0 Å². The summed E-state index contributed by atoms with van der Waals surface area (Å²) in [4.78, 5) is 25.8. The normalized spacial score (nSPS) is 10.8. The highest BCUT2D eigenvalue weighted by Gasteiger charge is 2.22. The lowest BCUT2D eigenvalue weighted by atomic mass is 10.1. The van der Waals surface area contributed by atoms with E-state index in [1.807, 2.05) is 60.7 Å². The van der Waals surface area contributed by atoms with Crippen LogP contribution in [0.4, 0.5) is 5.69 Å². The number of nitrogens with zero attached hydrogens (tertiary/aromatic N) is 3. The van der Waals surface area contributed by atoms with Crippen LogP contribution in [0.5, 0.6) is 0 Å². The van der Waals surface area contributed by atoms with Crippen LogP contribution >= 0.6 is 0 Å². The van der Waals surface area contributed by atoms with Crippen molar-refractivity contribution in [3.63, 3.8) is 0 Å². The predicted octanol–water partition coefficient (Wildman–Crippen LogP) is 4.36. The number of fused-ring (bicyclic) bond motifs is 1. The zero-order valence-electron chi connectivity index (χ0n) is 16.2. The van der Waals surface area contributed by atoms with Gasteiger partial charge in [-0.1, -0.05) is 60.7 Å². The minimum atomic E-state index is -0.474. The van der Waals surface area contributed by atoms with Crippen molar-refractivity contribution in [1.82, 2.24) is 15.1 Å². The Labute approximate surface area is 173 Å². The molecule has 0 aliphatic rings. The summed E-state index contributed by atoms with van der Waals surface area (Å²) in [6.45, 7) is 0.927. The Morgan fingerprint density at radius 3 is 2.30 bits per heavy atom. The minimum absolute atomic E-state index is 0.0724. The molecule has 1 N–H and O–H groups in total. The lowest BCUT2D eigenvalue weighted by Crippen LogP contribution is -2.33. The summed E-state index contributed by atoms with van der Waals surface area (Å²) in [5.41, 5.74) is 2.84. The van der Waals surface area contributed by atoms with E-state index in [4.69, 9.17) is 0 Å². The van der Waals surface area contributed by atoms with Crippen molar-refractivity contribution in [2.75, 3.05) is 6.54 Å². The first-order valence-corrected chi connectivity index (χ1v) is 9.61. The monoisotopic (exact) mass is 400 g/mol. The summed E-state index contributed by atoms with van der Waals surface area (Å²) in [5.74, 6) is -0.262. The van der Waals surface area contributed by atoms with Crippen LogP contribution in [0.15, 0.2) is 78.9 Å². The van der Waals surface area contributed by atoms with Gasteiger partial charge in [-0.25, -0.2) is 0 Å². The molecule has 0 atom stereocenters. The number of H-pyrrole nitrogens is 1. The molecule has 0 saturated carbocycles. The highest BCUT2D eigenvalue weighted by Crippen LogP contribution is 2.23. The molecule has 3 aromatic carbocycles. The summed E-state index contributed by atoms with van der Waals surface area (Å²) < 4.78 is 0. The van der Waals surface area contributed by atoms with Crippen LogP contribution in [-0.4, -0.2) is 32.5 Å². The lowest BCUT2D eigenvalue weighted by Gasteiger charge is -2.22. The van der Waals surface area contributed by atoms with Gasteiger partial charge in [-0.15, -0.1) is 0 Å². The number of hydrogen-bond donors (Lipinski definition) is 1. The number of carbonyl (C=O) groups excluding carboxylic acids is 1. The molecule has 0 aliphatic carbocycles. The van der Waals surface area contributed by atoms with Gasteiger partial charge < -0.3 is 4.90 Å². The summed E-state index contributed by atoms with van der Waals surface area (Å²) in [5, 5.41) is 18.6. The molecule has 0 aliphatic heterocycles. The van der Waals surface area contributed by atoms with Gasteiger partial charge in [0.25, 0.3) is 11.6 Å². The Bertz CT molecular complexity index is 1170. The van der Waals surface area contributed by atoms with Crippen molar-refractivity contribution in [2.45, 2.75) is 13.0 Å². The molecule has 7 nitrogen and oxygen atoms in total. The van der Waals surface area contributed by atoms with E-state index in [1.165, 1.54) is 12.1 Å². The molecule has 150 valence electrons. The number of nitro groups is 1. The van der Waals surface area contributed by atoms with E-state index in [0.29, 0.717) is 30.4 Å². The molecular weight excluding hydrogens is 380 g/mol. The molecule has 0 bridgehead atoms. The molecule has 1 aromatic heterocycles. The molecule has 7 heteroatoms. The predicted molar refractivity (Wildman–Crippen MR) is 114 cm³/mol.